The van der Waals surface area contributed by atoms with Crippen LogP contribution in [0, 0.1) is 0 Å². The van der Waals surface area contributed by atoms with Crippen LogP contribution in [0.1, 0.15) is 64.8 Å². The lowest BCUT2D eigenvalue weighted by atomic mass is 10.1. The molecule has 7 nitrogen and oxygen atoms in total. The molecule has 2 amide bonds. The number of para-hydroxylation sites is 1. The molecule has 3 rings (SSSR count). The summed E-state index contributed by atoms with van der Waals surface area (Å²) in [5.74, 6) is -0.130. The topological polar surface area (TPSA) is 83.6 Å². The van der Waals surface area contributed by atoms with E-state index in [2.05, 4.69) is 23.6 Å². The van der Waals surface area contributed by atoms with Gasteiger partial charge in [-0.15, -0.1) is 22.7 Å². The van der Waals surface area contributed by atoms with Gasteiger partial charge < -0.3 is 20.3 Å². The van der Waals surface area contributed by atoms with Gasteiger partial charge in [-0.2, -0.15) is 0 Å². The molecule has 1 aromatic carbocycles. The van der Waals surface area contributed by atoms with E-state index in [1.807, 2.05) is 59.9 Å². The summed E-state index contributed by atoms with van der Waals surface area (Å²) in [6.45, 7) is 12.7. The number of carbonyl (C=O) groups excluding carboxylic acids is 2. The van der Waals surface area contributed by atoms with Gasteiger partial charge >= 0.3 is 6.09 Å². The molecule has 0 bridgehead atoms. The number of rotatable bonds is 10. The van der Waals surface area contributed by atoms with E-state index in [9.17, 15) is 9.59 Å². The van der Waals surface area contributed by atoms with Gasteiger partial charge in [0.1, 0.15) is 15.6 Å². The quantitative estimate of drug-likeness (QED) is 0.306. The van der Waals surface area contributed by atoms with Gasteiger partial charge in [0.05, 0.1) is 10.2 Å². The Morgan fingerprint density at radius 1 is 1.17 bits per heavy atom. The average Bonchev–Trinajstić information content (AvgIpc) is 3.38. The smallest absolute Gasteiger partial charge is 0.410 e. The molecule has 0 fully saturated rings. The van der Waals surface area contributed by atoms with Crippen molar-refractivity contribution in [3.63, 3.8) is 0 Å². The summed E-state index contributed by atoms with van der Waals surface area (Å²) < 4.78 is 6.70. The molecule has 0 spiro atoms. The van der Waals surface area contributed by atoms with E-state index in [-0.39, 0.29) is 24.5 Å². The number of fused-ring (bicyclic) bond motifs is 1. The second kappa shape index (κ2) is 12.2. The van der Waals surface area contributed by atoms with Crippen molar-refractivity contribution >= 4 is 49.9 Å². The summed E-state index contributed by atoms with van der Waals surface area (Å²) in [5, 5.41) is 8.12. The molecule has 0 saturated heterocycles. The largest absolute Gasteiger partial charge is 0.444 e. The lowest BCUT2D eigenvalue weighted by molar-refractivity contribution is -0.116. The molecule has 1 unspecified atom stereocenters. The summed E-state index contributed by atoms with van der Waals surface area (Å²) in [6, 6.07) is 8.06. The molecule has 0 aliphatic heterocycles. The lowest BCUT2D eigenvalue weighted by Gasteiger charge is -2.31. The number of hydrogen-bond acceptors (Lipinski definition) is 7. The number of benzene rings is 1. The first-order valence-electron chi connectivity index (χ1n) is 12.5. The number of ether oxygens (including phenoxy) is 1. The minimum atomic E-state index is -0.589. The number of thiazole rings is 1. The highest BCUT2D eigenvalue weighted by atomic mass is 32.1. The average molecular weight is 531 g/mol. The van der Waals surface area contributed by atoms with Crippen molar-refractivity contribution in [2.24, 2.45) is 0 Å². The van der Waals surface area contributed by atoms with E-state index >= 15 is 0 Å². The molecule has 0 radical (unpaired) electrons. The molecule has 2 aromatic heterocycles. The summed E-state index contributed by atoms with van der Waals surface area (Å²) in [7, 11) is 1.93. The van der Waals surface area contributed by atoms with Crippen molar-refractivity contribution in [1.82, 2.24) is 15.2 Å². The molecular weight excluding hydrogens is 492 g/mol. The Morgan fingerprint density at radius 3 is 2.50 bits per heavy atom. The van der Waals surface area contributed by atoms with Crippen molar-refractivity contribution in [1.29, 1.82) is 0 Å². The molecular formula is C27H38N4O3S2. The van der Waals surface area contributed by atoms with Crippen LogP contribution in [0.25, 0.3) is 20.8 Å². The lowest BCUT2D eigenvalue weighted by Crippen LogP contribution is -2.43. The minimum absolute atomic E-state index is 0.0263. The minimum Gasteiger partial charge on any atom is -0.444 e. The first kappa shape index (κ1) is 28.1. The third-order valence-electron chi connectivity index (χ3n) is 5.87. The van der Waals surface area contributed by atoms with E-state index in [0.717, 1.165) is 45.2 Å². The fraction of sp³-hybridized carbons (Fsp3) is 0.519. The number of hydrogen-bond donors (Lipinski definition) is 2. The number of aromatic nitrogens is 1. The van der Waals surface area contributed by atoms with Gasteiger partial charge in [0.15, 0.2) is 0 Å². The van der Waals surface area contributed by atoms with Gasteiger partial charge in [-0.05, 0) is 65.3 Å². The summed E-state index contributed by atoms with van der Waals surface area (Å²) in [6.07, 6.45) is 1.42. The van der Waals surface area contributed by atoms with E-state index in [1.165, 1.54) is 10.4 Å². The second-order valence-electron chi connectivity index (χ2n) is 9.81. The Labute approximate surface area is 222 Å². The monoisotopic (exact) mass is 530 g/mol. The van der Waals surface area contributed by atoms with Gasteiger partial charge in [-0.25, -0.2) is 9.78 Å². The zero-order valence-corrected chi connectivity index (χ0v) is 24.0. The molecule has 9 heteroatoms. The summed E-state index contributed by atoms with van der Waals surface area (Å²) >= 11 is 3.24. The Kier molecular flexibility index (Phi) is 9.49. The molecule has 0 aliphatic carbocycles. The van der Waals surface area contributed by atoms with Crippen LogP contribution < -0.4 is 10.6 Å². The van der Waals surface area contributed by atoms with E-state index < -0.39 is 5.60 Å². The van der Waals surface area contributed by atoms with Gasteiger partial charge in [-0.3, -0.25) is 4.79 Å². The molecule has 2 heterocycles. The molecule has 36 heavy (non-hydrogen) atoms. The maximum absolute atomic E-state index is 13.1. The van der Waals surface area contributed by atoms with E-state index in [4.69, 9.17) is 9.72 Å². The van der Waals surface area contributed by atoms with Crippen molar-refractivity contribution < 1.29 is 14.3 Å². The number of thiophene rings is 1. The Morgan fingerprint density at radius 2 is 1.89 bits per heavy atom. The van der Waals surface area contributed by atoms with Crippen LogP contribution >= 0.6 is 22.7 Å². The van der Waals surface area contributed by atoms with Crippen LogP contribution in [0.5, 0.6) is 0 Å². The SMILES string of the molecule is CCc1c(CNC)sc(NC(=O)CCN(C(=O)OC(C)(C)C)C(C)CC)c1-c1nc2ccccc2s1. The first-order valence-corrected chi connectivity index (χ1v) is 14.2. The number of anilines is 1. The highest BCUT2D eigenvalue weighted by Crippen LogP contribution is 2.44. The van der Waals surface area contributed by atoms with Crippen LogP contribution in [-0.2, 0) is 22.5 Å². The number of nitrogens with one attached hydrogen (secondary N) is 2. The molecule has 196 valence electrons. The van der Waals surface area contributed by atoms with Crippen molar-refractivity contribution in [2.75, 3.05) is 18.9 Å². The zero-order valence-electron chi connectivity index (χ0n) is 22.4. The Hall–Kier alpha value is -2.49. The number of nitrogens with zero attached hydrogens (tertiary/aromatic N) is 2. The van der Waals surface area contributed by atoms with Gasteiger partial charge in [0.2, 0.25) is 5.91 Å². The fourth-order valence-electron chi connectivity index (χ4n) is 3.93. The molecule has 1 atom stereocenters. The fourth-order valence-corrected chi connectivity index (χ4v) is 6.36. The van der Waals surface area contributed by atoms with Crippen LogP contribution in [-0.4, -0.2) is 47.1 Å². The van der Waals surface area contributed by atoms with E-state index in [1.54, 1.807) is 27.6 Å². The van der Waals surface area contributed by atoms with Crippen molar-refractivity contribution in [3.05, 3.63) is 34.7 Å². The molecule has 0 saturated carbocycles. The highest BCUT2D eigenvalue weighted by molar-refractivity contribution is 7.22. The predicted molar refractivity (Wildman–Crippen MR) is 151 cm³/mol. The molecule has 2 N–H and O–H groups in total. The predicted octanol–water partition coefficient (Wildman–Crippen LogP) is 6.67. The normalized spacial score (nSPS) is 12.5. The summed E-state index contributed by atoms with van der Waals surface area (Å²) in [5.41, 5.74) is 2.58. The highest BCUT2D eigenvalue weighted by Gasteiger charge is 2.27. The zero-order chi connectivity index (χ0) is 26.5. The Bertz CT molecular complexity index is 1160. The van der Waals surface area contributed by atoms with Gasteiger partial charge in [0, 0.05) is 36.0 Å². The van der Waals surface area contributed by atoms with Crippen LogP contribution in [0.15, 0.2) is 24.3 Å². The maximum atomic E-state index is 13.1. The molecule has 3 aromatic rings. The molecule has 0 aliphatic rings. The van der Waals surface area contributed by atoms with E-state index in [0.29, 0.717) is 6.54 Å². The van der Waals surface area contributed by atoms with Crippen molar-refractivity contribution in [3.8, 4) is 10.6 Å². The number of amides is 2. The standard InChI is InChI=1S/C27H38N4O3S2/c1-8-17(3)31(26(33)34-27(4,5)6)15-14-22(32)30-25-23(18(9-2)21(36-25)16-28-7)24-29-19-12-10-11-13-20(19)35-24/h10-13,17,28H,8-9,14-16H2,1-7H3,(H,30,32). The summed E-state index contributed by atoms with van der Waals surface area (Å²) in [4.78, 5) is 33.6. The van der Waals surface area contributed by atoms with Crippen LogP contribution in [0.2, 0.25) is 0 Å². The first-order chi connectivity index (χ1) is 17.1. The van der Waals surface area contributed by atoms with Crippen LogP contribution in [0.3, 0.4) is 0 Å². The third-order valence-corrected chi connectivity index (χ3v) is 8.07. The third kappa shape index (κ3) is 6.83. The maximum Gasteiger partial charge on any atom is 0.410 e. The van der Waals surface area contributed by atoms with Gasteiger partial charge in [0.25, 0.3) is 0 Å². The number of carbonyl (C=O) groups is 2. The van der Waals surface area contributed by atoms with Crippen molar-refractivity contribution in [2.45, 2.75) is 79.0 Å². The Balaban J connectivity index is 1.85. The second-order valence-corrected chi connectivity index (χ2v) is 11.9. The van der Waals surface area contributed by atoms with Crippen LogP contribution in [0.4, 0.5) is 9.80 Å². The van der Waals surface area contributed by atoms with Gasteiger partial charge in [-0.1, -0.05) is 26.0 Å².